The lowest BCUT2D eigenvalue weighted by molar-refractivity contribution is -0.122. The van der Waals surface area contributed by atoms with E-state index in [4.69, 9.17) is 16.3 Å². The van der Waals surface area contributed by atoms with Crippen LogP contribution in [0.5, 0.6) is 11.5 Å². The number of anilines is 2. The van der Waals surface area contributed by atoms with Crippen molar-refractivity contribution in [2.75, 3.05) is 16.8 Å². The molecular formula is C26H25ClN2O3. The maximum Gasteiger partial charge on any atom is 0.229 e. The third kappa shape index (κ3) is 4.78. The van der Waals surface area contributed by atoms with Crippen molar-refractivity contribution >= 4 is 34.8 Å². The molecule has 1 aliphatic rings. The fourth-order valence-electron chi connectivity index (χ4n) is 3.65. The first kappa shape index (κ1) is 21.9. The number of nitrogens with zero attached hydrogens (tertiary/aromatic N) is 1. The minimum atomic E-state index is -0.422. The predicted octanol–water partition coefficient (Wildman–Crippen LogP) is 6.05. The normalized spacial score (nSPS) is 15.7. The Hall–Kier alpha value is -3.31. The molecule has 164 valence electrons. The maximum absolute atomic E-state index is 12.8. The minimum absolute atomic E-state index is 0.0813. The molecule has 0 saturated carbocycles. The Labute approximate surface area is 193 Å². The summed E-state index contributed by atoms with van der Waals surface area (Å²) < 4.78 is 5.89. The number of nitrogens with one attached hydrogen (secondary N) is 1. The molecule has 1 N–H and O–H groups in total. The van der Waals surface area contributed by atoms with E-state index in [0.29, 0.717) is 28.7 Å². The molecule has 1 aliphatic heterocycles. The van der Waals surface area contributed by atoms with E-state index in [1.807, 2.05) is 56.3 Å². The van der Waals surface area contributed by atoms with Crippen LogP contribution in [-0.4, -0.2) is 18.4 Å². The van der Waals surface area contributed by atoms with Gasteiger partial charge in [-0.05, 0) is 86.0 Å². The summed E-state index contributed by atoms with van der Waals surface area (Å²) in [5, 5.41) is 3.51. The standard InChI is InChI=1S/C26H25ClN2O3/c1-16-5-9-23(12-18(16)3)32-22-10-6-20(7-11-22)28-26(31)19-13-25(30)29(15-19)21-8-4-17(2)24(27)14-21/h4-12,14,19H,13,15H2,1-3H3,(H,28,31)/t19-/m0/s1. The molecule has 3 aromatic rings. The highest BCUT2D eigenvalue weighted by Crippen LogP contribution is 2.30. The largest absolute Gasteiger partial charge is 0.457 e. The first-order chi connectivity index (χ1) is 15.3. The zero-order valence-electron chi connectivity index (χ0n) is 18.3. The van der Waals surface area contributed by atoms with Crippen molar-refractivity contribution in [3.8, 4) is 11.5 Å². The molecule has 0 radical (unpaired) electrons. The number of aryl methyl sites for hydroxylation is 3. The predicted molar refractivity (Wildman–Crippen MR) is 128 cm³/mol. The van der Waals surface area contributed by atoms with Gasteiger partial charge in [0, 0.05) is 29.4 Å². The third-order valence-corrected chi connectivity index (χ3v) is 6.21. The average Bonchev–Trinajstić information content (AvgIpc) is 3.16. The average molecular weight is 449 g/mol. The van der Waals surface area contributed by atoms with Crippen LogP contribution in [0.2, 0.25) is 5.02 Å². The lowest BCUT2D eigenvalue weighted by Crippen LogP contribution is -2.28. The van der Waals surface area contributed by atoms with Gasteiger partial charge in [0.15, 0.2) is 0 Å². The second-order valence-corrected chi connectivity index (χ2v) is 8.61. The number of amides is 2. The van der Waals surface area contributed by atoms with E-state index in [1.54, 1.807) is 23.1 Å². The molecule has 6 heteroatoms. The van der Waals surface area contributed by atoms with Crippen LogP contribution in [0.25, 0.3) is 0 Å². The summed E-state index contributed by atoms with van der Waals surface area (Å²) in [6.07, 6.45) is 0.172. The number of ether oxygens (including phenoxy) is 1. The van der Waals surface area contributed by atoms with E-state index in [9.17, 15) is 9.59 Å². The summed E-state index contributed by atoms with van der Waals surface area (Å²) in [6, 6.07) is 18.7. The summed E-state index contributed by atoms with van der Waals surface area (Å²) in [7, 11) is 0. The van der Waals surface area contributed by atoms with Gasteiger partial charge in [-0.2, -0.15) is 0 Å². The molecule has 2 amide bonds. The molecule has 0 spiro atoms. The van der Waals surface area contributed by atoms with E-state index in [2.05, 4.69) is 12.2 Å². The van der Waals surface area contributed by atoms with E-state index < -0.39 is 5.92 Å². The fourth-order valence-corrected chi connectivity index (χ4v) is 3.82. The summed E-state index contributed by atoms with van der Waals surface area (Å²) in [4.78, 5) is 26.9. The molecule has 0 aromatic heterocycles. The highest BCUT2D eigenvalue weighted by atomic mass is 35.5. The van der Waals surface area contributed by atoms with Crippen LogP contribution >= 0.6 is 11.6 Å². The Kier molecular flexibility index (Phi) is 6.19. The van der Waals surface area contributed by atoms with Crippen molar-refractivity contribution in [2.24, 2.45) is 5.92 Å². The van der Waals surface area contributed by atoms with Crippen molar-refractivity contribution in [3.63, 3.8) is 0 Å². The van der Waals surface area contributed by atoms with Gasteiger partial charge in [-0.3, -0.25) is 9.59 Å². The SMILES string of the molecule is Cc1ccc(Oc2ccc(NC(=O)[C@H]3CC(=O)N(c4ccc(C)c(Cl)c4)C3)cc2)cc1C. The number of hydrogen-bond donors (Lipinski definition) is 1. The first-order valence-corrected chi connectivity index (χ1v) is 10.9. The summed E-state index contributed by atoms with van der Waals surface area (Å²) in [5.41, 5.74) is 4.70. The highest BCUT2D eigenvalue weighted by Gasteiger charge is 2.35. The van der Waals surface area contributed by atoms with Crippen LogP contribution in [0.3, 0.4) is 0 Å². The molecular weight excluding hydrogens is 424 g/mol. The smallest absolute Gasteiger partial charge is 0.229 e. The molecule has 3 aromatic carbocycles. The number of carbonyl (C=O) groups excluding carboxylic acids is 2. The minimum Gasteiger partial charge on any atom is -0.457 e. The number of hydrogen-bond acceptors (Lipinski definition) is 3. The van der Waals surface area contributed by atoms with Crippen molar-refractivity contribution in [1.82, 2.24) is 0 Å². The molecule has 1 atom stereocenters. The van der Waals surface area contributed by atoms with Gasteiger partial charge in [0.25, 0.3) is 0 Å². The summed E-state index contributed by atoms with van der Waals surface area (Å²) >= 11 is 6.20. The molecule has 1 saturated heterocycles. The first-order valence-electron chi connectivity index (χ1n) is 10.5. The van der Waals surface area contributed by atoms with Gasteiger partial charge < -0.3 is 15.0 Å². The van der Waals surface area contributed by atoms with Gasteiger partial charge in [-0.1, -0.05) is 23.7 Å². The Morgan fingerprint density at radius 3 is 2.31 bits per heavy atom. The lowest BCUT2D eigenvalue weighted by atomic mass is 10.1. The van der Waals surface area contributed by atoms with E-state index in [0.717, 1.165) is 11.3 Å². The molecule has 5 nitrogen and oxygen atoms in total. The van der Waals surface area contributed by atoms with Gasteiger partial charge in [0.2, 0.25) is 11.8 Å². The molecule has 1 heterocycles. The second kappa shape index (κ2) is 9.05. The number of rotatable bonds is 5. The quantitative estimate of drug-likeness (QED) is 0.517. The lowest BCUT2D eigenvalue weighted by Gasteiger charge is -2.17. The van der Waals surface area contributed by atoms with Gasteiger partial charge >= 0.3 is 0 Å². The molecule has 0 aliphatic carbocycles. The van der Waals surface area contributed by atoms with E-state index >= 15 is 0 Å². The van der Waals surface area contributed by atoms with Crippen LogP contribution in [0.4, 0.5) is 11.4 Å². The zero-order valence-corrected chi connectivity index (χ0v) is 19.1. The summed E-state index contributed by atoms with van der Waals surface area (Å²) in [6.45, 7) is 6.34. The monoisotopic (exact) mass is 448 g/mol. The van der Waals surface area contributed by atoms with Crippen molar-refractivity contribution in [3.05, 3.63) is 82.4 Å². The van der Waals surface area contributed by atoms with E-state index in [-0.39, 0.29) is 18.2 Å². The number of benzene rings is 3. The molecule has 4 rings (SSSR count). The van der Waals surface area contributed by atoms with E-state index in [1.165, 1.54) is 11.1 Å². The second-order valence-electron chi connectivity index (χ2n) is 8.20. The molecule has 0 unspecified atom stereocenters. The third-order valence-electron chi connectivity index (χ3n) is 5.80. The van der Waals surface area contributed by atoms with Crippen LogP contribution in [0, 0.1) is 26.7 Å². The van der Waals surface area contributed by atoms with Crippen LogP contribution in [-0.2, 0) is 9.59 Å². The maximum atomic E-state index is 12.8. The van der Waals surface area contributed by atoms with Crippen LogP contribution < -0.4 is 15.0 Å². The Bertz CT molecular complexity index is 1170. The van der Waals surface area contributed by atoms with Crippen LogP contribution in [0.15, 0.2) is 60.7 Å². The van der Waals surface area contributed by atoms with Crippen molar-refractivity contribution < 1.29 is 14.3 Å². The highest BCUT2D eigenvalue weighted by molar-refractivity contribution is 6.31. The molecule has 32 heavy (non-hydrogen) atoms. The van der Waals surface area contributed by atoms with Gasteiger partial charge in [-0.15, -0.1) is 0 Å². The number of carbonyl (C=O) groups is 2. The zero-order chi connectivity index (χ0) is 22.8. The Morgan fingerprint density at radius 1 is 0.938 bits per heavy atom. The molecule has 0 bridgehead atoms. The van der Waals surface area contributed by atoms with Crippen LogP contribution in [0.1, 0.15) is 23.1 Å². The fraction of sp³-hybridized carbons (Fsp3) is 0.231. The summed E-state index contributed by atoms with van der Waals surface area (Å²) in [5.74, 6) is 0.772. The Balaban J connectivity index is 1.38. The van der Waals surface area contributed by atoms with Gasteiger partial charge in [-0.25, -0.2) is 0 Å². The van der Waals surface area contributed by atoms with Crippen molar-refractivity contribution in [2.45, 2.75) is 27.2 Å². The van der Waals surface area contributed by atoms with Gasteiger partial charge in [0.1, 0.15) is 11.5 Å². The number of halogens is 1. The molecule has 1 fully saturated rings. The Morgan fingerprint density at radius 2 is 1.62 bits per heavy atom. The van der Waals surface area contributed by atoms with Gasteiger partial charge in [0.05, 0.1) is 5.92 Å². The van der Waals surface area contributed by atoms with Crippen molar-refractivity contribution in [1.29, 1.82) is 0 Å². The topological polar surface area (TPSA) is 58.6 Å².